The Balaban J connectivity index is 0.000000941. The van der Waals surface area contributed by atoms with Crippen molar-refractivity contribution in [2.24, 2.45) is 0 Å². The van der Waals surface area contributed by atoms with E-state index in [4.69, 9.17) is 9.47 Å². The van der Waals surface area contributed by atoms with Gasteiger partial charge in [-0.3, -0.25) is 0 Å². The van der Waals surface area contributed by atoms with Crippen molar-refractivity contribution in [3.05, 3.63) is 50.8 Å². The Morgan fingerprint density at radius 3 is 2.38 bits per heavy atom. The van der Waals surface area contributed by atoms with Crippen molar-refractivity contribution in [3.63, 3.8) is 0 Å². The molecule has 1 aromatic carbocycles. The van der Waals surface area contributed by atoms with Crippen LogP contribution < -0.4 is 4.90 Å². The van der Waals surface area contributed by atoms with Gasteiger partial charge in [0.1, 0.15) is 10.8 Å². The van der Waals surface area contributed by atoms with Gasteiger partial charge < -0.3 is 19.7 Å². The van der Waals surface area contributed by atoms with E-state index in [0.29, 0.717) is 5.70 Å². The topological polar surface area (TPSA) is 69.9 Å². The number of thioether (sulfide) groups is 1. The molecule has 0 unspecified atom stereocenters. The summed E-state index contributed by atoms with van der Waals surface area (Å²) < 4.78 is 37.6. The molecule has 0 radical (unpaired) electrons. The molecule has 0 saturated carbocycles. The van der Waals surface area contributed by atoms with Crippen LogP contribution in [0.2, 0.25) is 0 Å². The molecule has 0 saturated heterocycles. The monoisotopic (exact) mass is 442 g/mol. The molecule has 156 valence electrons. The minimum atomic E-state index is -1.08. The number of hydrogen-bond donors (Lipinski definition) is 0. The minimum Gasteiger partial charge on any atom is -0.675 e. The number of carbonyl (C=O) groups is 2. The average Bonchev–Trinajstić information content (AvgIpc) is 3.10. The zero-order valence-electron chi connectivity index (χ0n) is 16.2. The molecule has 0 spiro atoms. The van der Waals surface area contributed by atoms with Crippen LogP contribution in [0.25, 0.3) is 5.32 Å². The summed E-state index contributed by atoms with van der Waals surface area (Å²) in [6.07, 6.45) is 1.93. The van der Waals surface area contributed by atoms with Gasteiger partial charge >= 0.3 is 11.9 Å². The van der Waals surface area contributed by atoms with Gasteiger partial charge in [0.2, 0.25) is 0 Å². The number of nitrogens with zero attached hydrogens (tertiary/aromatic N) is 2. The normalized spacial score (nSPS) is 13.8. The summed E-state index contributed by atoms with van der Waals surface area (Å²) in [5.41, 5.74) is 0.429. The highest BCUT2D eigenvalue weighted by Gasteiger charge is 2.35. The lowest BCUT2D eigenvalue weighted by Crippen LogP contribution is -2.28. The molecule has 10 heteroatoms. The lowest BCUT2D eigenvalue weighted by atomic mass is 10.1. The number of hydrogen-bond acceptors (Lipinski definition) is 6. The number of rotatable bonds is 4. The first-order valence-electron chi connectivity index (χ1n) is 8.59. The van der Waals surface area contributed by atoms with Crippen LogP contribution >= 0.6 is 11.8 Å². The summed E-state index contributed by atoms with van der Waals surface area (Å²) in [7, 11) is 0. The maximum absolute atomic E-state index is 14.1. The minimum absolute atomic E-state index is 0.0751. The molecule has 6 nitrogen and oxygen atoms in total. The molecule has 2 aliphatic rings. The van der Waals surface area contributed by atoms with Crippen LogP contribution in [0.4, 0.5) is 20.2 Å². The van der Waals surface area contributed by atoms with E-state index in [2.05, 4.69) is 11.2 Å². The van der Waals surface area contributed by atoms with Crippen molar-refractivity contribution in [1.82, 2.24) is 0 Å². The van der Waals surface area contributed by atoms with Crippen LogP contribution in [0, 0.1) is 11.6 Å². The van der Waals surface area contributed by atoms with Crippen LogP contribution in [-0.4, -0.2) is 43.8 Å². The number of esters is 2. The summed E-state index contributed by atoms with van der Waals surface area (Å²) >= 11 is 2.60. The molecule has 0 fully saturated rings. The van der Waals surface area contributed by atoms with Gasteiger partial charge in [0.15, 0.2) is 34.9 Å². The standard InChI is InChI=1S/C17H15F2N2O4S.C2H5S/c1-3-24-16(22)12(17(23)25-4-2)15-21-9(8-26-15)7-20-14-11(21)6-5-10(18)13(14)19;1-3-2/h5-6,8H,3-4,7H2,1-2H3;1H2,2H3/q-1;+1. The summed E-state index contributed by atoms with van der Waals surface area (Å²) in [5, 5.41) is 5.98. The molecule has 2 aliphatic heterocycles. The average molecular weight is 443 g/mol. The first-order chi connectivity index (χ1) is 13.9. The van der Waals surface area contributed by atoms with E-state index in [9.17, 15) is 18.4 Å². The molecule has 0 amide bonds. The summed E-state index contributed by atoms with van der Waals surface area (Å²) in [6, 6.07) is 2.33. The van der Waals surface area contributed by atoms with E-state index < -0.39 is 23.6 Å². The molecule has 2 heterocycles. The van der Waals surface area contributed by atoms with Crippen molar-refractivity contribution in [1.29, 1.82) is 0 Å². The van der Waals surface area contributed by atoms with Gasteiger partial charge in [-0.25, -0.2) is 18.4 Å². The third-order valence-corrected chi connectivity index (χ3v) is 4.66. The van der Waals surface area contributed by atoms with E-state index in [1.165, 1.54) is 22.3 Å². The van der Waals surface area contributed by atoms with Gasteiger partial charge in [-0.15, -0.1) is 0 Å². The Kier molecular flexibility index (Phi) is 8.15. The molecule has 0 bridgehead atoms. The Labute approximate surface area is 175 Å². The molecular weight excluding hydrogens is 422 g/mol. The first-order valence-corrected chi connectivity index (χ1v) is 10.9. The van der Waals surface area contributed by atoms with Crippen LogP contribution in [0.3, 0.4) is 0 Å². The Morgan fingerprint density at radius 1 is 1.24 bits per heavy atom. The van der Waals surface area contributed by atoms with E-state index >= 15 is 0 Å². The Bertz CT molecular complexity index is 867. The van der Waals surface area contributed by atoms with Crippen LogP contribution in [0.15, 0.2) is 33.8 Å². The molecule has 0 aliphatic carbocycles. The number of fused-ring (bicyclic) bond motifs is 3. The Morgan fingerprint density at radius 2 is 1.83 bits per heavy atom. The van der Waals surface area contributed by atoms with E-state index in [0.717, 1.165) is 17.8 Å². The summed E-state index contributed by atoms with van der Waals surface area (Å²) in [4.78, 5) is 26.2. The number of anilines is 1. The number of ether oxygens (including phenoxy) is 2. The predicted octanol–water partition coefficient (Wildman–Crippen LogP) is 3.85. The lowest BCUT2D eigenvalue weighted by molar-refractivity contribution is -0.146. The van der Waals surface area contributed by atoms with Gasteiger partial charge in [0.05, 0.1) is 13.2 Å². The second-order valence-electron chi connectivity index (χ2n) is 5.52. The second kappa shape index (κ2) is 10.4. The molecule has 0 aromatic heterocycles. The first kappa shape index (κ1) is 22.8. The van der Waals surface area contributed by atoms with Gasteiger partial charge in [0.25, 0.3) is 0 Å². The fourth-order valence-corrected chi connectivity index (χ4v) is 3.62. The van der Waals surface area contributed by atoms with Gasteiger partial charge in [-0.05, 0) is 31.4 Å². The number of benzene rings is 1. The molecular formula is C19H20F2N2O4S2. The van der Waals surface area contributed by atoms with Crippen LogP contribution in [-0.2, 0) is 30.4 Å². The molecule has 0 atom stereocenters. The largest absolute Gasteiger partial charge is 0.675 e. The Hall–Kier alpha value is -2.46. The van der Waals surface area contributed by atoms with Gasteiger partial charge in [-0.2, -0.15) is 0 Å². The van der Waals surface area contributed by atoms with Crippen molar-refractivity contribution < 1.29 is 27.8 Å². The summed E-state index contributed by atoms with van der Waals surface area (Å²) in [5.74, 6) is -0.371. The number of carbonyl (C=O) groups excluding carboxylic acids is 2. The zero-order valence-corrected chi connectivity index (χ0v) is 17.8. The van der Waals surface area contributed by atoms with Crippen molar-refractivity contribution >= 4 is 52.3 Å². The zero-order chi connectivity index (χ0) is 21.6. The van der Waals surface area contributed by atoms with Gasteiger partial charge in [0, 0.05) is 11.4 Å². The SMILES string of the molecule is C=[S+]C.CCOC(=O)C(C(=O)OCC)=C1SC=C2C[N-]c3c(ccc(F)c3F)N21. The maximum Gasteiger partial charge on any atom is 0.348 e. The van der Waals surface area contributed by atoms with Crippen molar-refractivity contribution in [2.45, 2.75) is 13.8 Å². The molecule has 3 rings (SSSR count). The quantitative estimate of drug-likeness (QED) is 0.176. The van der Waals surface area contributed by atoms with E-state index in [1.807, 2.05) is 6.26 Å². The second-order valence-corrected chi connectivity index (χ2v) is 6.95. The van der Waals surface area contributed by atoms with Crippen LogP contribution in [0.1, 0.15) is 13.8 Å². The highest BCUT2D eigenvalue weighted by atomic mass is 32.2. The predicted molar refractivity (Wildman–Crippen MR) is 113 cm³/mol. The van der Waals surface area contributed by atoms with Crippen LogP contribution in [0.5, 0.6) is 0 Å². The van der Waals surface area contributed by atoms with E-state index in [1.54, 1.807) is 19.3 Å². The lowest BCUT2D eigenvalue weighted by Gasteiger charge is -2.39. The van der Waals surface area contributed by atoms with Gasteiger partial charge in [-0.1, -0.05) is 24.0 Å². The molecule has 1 aromatic rings. The maximum atomic E-state index is 14.1. The fraction of sp³-hybridized carbons (Fsp3) is 0.316. The molecule has 29 heavy (non-hydrogen) atoms. The smallest absolute Gasteiger partial charge is 0.348 e. The summed E-state index contributed by atoms with van der Waals surface area (Å²) in [6.45, 7) is 3.47. The van der Waals surface area contributed by atoms with Crippen molar-refractivity contribution in [2.75, 3.05) is 30.9 Å². The van der Waals surface area contributed by atoms with E-state index in [-0.39, 0.29) is 41.7 Å². The third-order valence-electron chi connectivity index (χ3n) is 3.66. The highest BCUT2D eigenvalue weighted by molar-refractivity contribution is 8.06. The third kappa shape index (κ3) is 4.76. The number of halogens is 2. The fourth-order valence-electron chi connectivity index (χ4n) is 2.59. The molecule has 0 N–H and O–H groups in total. The van der Waals surface area contributed by atoms with Crippen molar-refractivity contribution in [3.8, 4) is 0 Å². The highest BCUT2D eigenvalue weighted by Crippen LogP contribution is 2.50.